The van der Waals surface area contributed by atoms with E-state index in [1.54, 1.807) is 6.07 Å². The second-order valence-electron chi connectivity index (χ2n) is 5.14. The van der Waals surface area contributed by atoms with Crippen LogP contribution in [0.25, 0.3) is 0 Å². The van der Waals surface area contributed by atoms with Crippen LogP contribution in [0.1, 0.15) is 22.5 Å². The first-order valence-corrected chi connectivity index (χ1v) is 8.22. The van der Waals surface area contributed by atoms with Crippen LogP contribution in [-0.4, -0.2) is 58.4 Å². The van der Waals surface area contributed by atoms with E-state index in [1.165, 1.54) is 32.7 Å². The molecule has 0 saturated carbocycles. The zero-order valence-corrected chi connectivity index (χ0v) is 14.6. The lowest BCUT2D eigenvalue weighted by Crippen LogP contribution is -2.39. The molecular formula is C15H20N2O6S. The van der Waals surface area contributed by atoms with E-state index in [9.17, 15) is 14.4 Å². The fraction of sp³-hybridized carbons (Fsp3) is 0.533. The lowest BCUT2D eigenvalue weighted by molar-refractivity contribution is -0.152. The summed E-state index contributed by atoms with van der Waals surface area (Å²) in [5, 5.41) is 3.62. The summed E-state index contributed by atoms with van der Waals surface area (Å²) in [7, 11) is 3.62. The summed E-state index contributed by atoms with van der Waals surface area (Å²) in [6.07, 6.45) is 2.17. The van der Waals surface area contributed by atoms with Crippen molar-refractivity contribution >= 4 is 39.9 Å². The van der Waals surface area contributed by atoms with Gasteiger partial charge in [-0.3, -0.25) is 0 Å². The topological polar surface area (TPSA) is 94.2 Å². The maximum atomic E-state index is 12.0. The molecule has 8 nitrogen and oxygen atoms in total. The third-order valence-corrected chi connectivity index (χ3v) is 4.86. The van der Waals surface area contributed by atoms with Gasteiger partial charge in [0, 0.05) is 13.1 Å². The number of ether oxygens (including phenoxy) is 3. The van der Waals surface area contributed by atoms with E-state index in [1.807, 2.05) is 0 Å². The highest BCUT2D eigenvalue weighted by molar-refractivity contribution is 7.18. The van der Waals surface area contributed by atoms with Gasteiger partial charge in [0.25, 0.3) is 0 Å². The first-order valence-electron chi connectivity index (χ1n) is 7.41. The van der Waals surface area contributed by atoms with Crippen LogP contribution in [-0.2, 0) is 23.8 Å². The molecule has 1 saturated heterocycles. The zero-order chi connectivity index (χ0) is 17.7. The first-order chi connectivity index (χ1) is 11.5. The van der Waals surface area contributed by atoms with Crippen molar-refractivity contribution in [2.24, 2.45) is 0 Å². The Morgan fingerprint density at radius 2 is 1.67 bits per heavy atom. The highest BCUT2D eigenvalue weighted by atomic mass is 32.1. The molecule has 0 unspecified atom stereocenters. The Hall–Kier alpha value is -2.29. The summed E-state index contributed by atoms with van der Waals surface area (Å²) < 4.78 is 14.0. The van der Waals surface area contributed by atoms with Crippen molar-refractivity contribution in [2.75, 3.05) is 44.6 Å². The maximum Gasteiger partial charge on any atom is 0.350 e. The maximum absolute atomic E-state index is 12.0. The Labute approximate surface area is 143 Å². The number of carbonyl (C=O) groups is 3. The molecule has 0 atom stereocenters. The summed E-state index contributed by atoms with van der Waals surface area (Å²) in [6.45, 7) is 1.80. The number of esters is 3. The van der Waals surface area contributed by atoms with Gasteiger partial charge in [0.15, 0.2) is 0 Å². The predicted molar refractivity (Wildman–Crippen MR) is 88.5 cm³/mol. The summed E-state index contributed by atoms with van der Waals surface area (Å²) in [6, 6.07) is 0.380. The summed E-state index contributed by atoms with van der Waals surface area (Å²) in [4.78, 5) is 38.1. The Balaban J connectivity index is 2.33. The second kappa shape index (κ2) is 8.00. The van der Waals surface area contributed by atoms with Crippen LogP contribution < -0.4 is 10.2 Å². The summed E-state index contributed by atoms with van der Waals surface area (Å²) >= 11 is 1.25. The molecule has 0 radical (unpaired) electrons. The van der Waals surface area contributed by atoms with Gasteiger partial charge < -0.3 is 24.4 Å². The van der Waals surface area contributed by atoms with Crippen molar-refractivity contribution in [3.8, 4) is 0 Å². The van der Waals surface area contributed by atoms with Gasteiger partial charge in [0.1, 0.15) is 4.88 Å². The molecule has 0 aromatic carbocycles. The van der Waals surface area contributed by atoms with Gasteiger partial charge in [0.2, 0.25) is 6.04 Å². The molecule has 132 valence electrons. The molecule has 1 N–H and O–H groups in total. The van der Waals surface area contributed by atoms with Gasteiger partial charge in [-0.1, -0.05) is 0 Å². The molecule has 1 aliphatic rings. The molecule has 24 heavy (non-hydrogen) atoms. The van der Waals surface area contributed by atoms with Crippen molar-refractivity contribution in [2.45, 2.75) is 18.9 Å². The molecule has 9 heteroatoms. The van der Waals surface area contributed by atoms with Gasteiger partial charge in [-0.2, -0.15) is 0 Å². The smallest absolute Gasteiger partial charge is 0.350 e. The molecule has 0 aliphatic carbocycles. The third-order valence-electron chi connectivity index (χ3n) is 3.68. The molecule has 1 aromatic rings. The molecule has 1 aromatic heterocycles. The molecule has 0 bridgehead atoms. The fourth-order valence-corrected chi connectivity index (χ4v) is 3.52. The third kappa shape index (κ3) is 3.78. The number of hydrogen-bond donors (Lipinski definition) is 1. The molecule has 1 aliphatic heterocycles. The minimum atomic E-state index is -1.36. The van der Waals surface area contributed by atoms with Gasteiger partial charge >= 0.3 is 17.9 Å². The number of hydrogen-bond acceptors (Lipinski definition) is 9. The lowest BCUT2D eigenvalue weighted by Gasteiger charge is -2.15. The molecule has 1 fully saturated rings. The zero-order valence-electron chi connectivity index (χ0n) is 13.8. The van der Waals surface area contributed by atoms with Crippen LogP contribution in [0, 0.1) is 0 Å². The van der Waals surface area contributed by atoms with Crippen LogP contribution >= 0.6 is 11.3 Å². The van der Waals surface area contributed by atoms with E-state index >= 15 is 0 Å². The lowest BCUT2D eigenvalue weighted by atomic mass is 10.2. The fourth-order valence-electron chi connectivity index (χ4n) is 2.43. The van der Waals surface area contributed by atoms with Crippen LogP contribution in [0.5, 0.6) is 0 Å². The van der Waals surface area contributed by atoms with E-state index in [0.717, 1.165) is 30.9 Å². The van der Waals surface area contributed by atoms with E-state index in [0.29, 0.717) is 5.69 Å². The van der Waals surface area contributed by atoms with Crippen molar-refractivity contribution in [1.82, 2.24) is 0 Å². The SMILES string of the molecule is COC(=O)c1sc(N2CCCC2)cc1NC(C(=O)OC)C(=O)OC. The highest BCUT2D eigenvalue weighted by Crippen LogP contribution is 2.36. The van der Waals surface area contributed by atoms with Gasteiger partial charge in [-0.05, 0) is 18.9 Å². The first kappa shape index (κ1) is 18.1. The van der Waals surface area contributed by atoms with E-state index in [4.69, 9.17) is 4.74 Å². The quantitative estimate of drug-likeness (QED) is 0.462. The number of carbonyl (C=O) groups excluding carboxylic acids is 3. The van der Waals surface area contributed by atoms with Gasteiger partial charge in [-0.25, -0.2) is 14.4 Å². The number of nitrogens with zero attached hydrogens (tertiary/aromatic N) is 1. The minimum Gasteiger partial charge on any atom is -0.467 e. The highest BCUT2D eigenvalue weighted by Gasteiger charge is 2.31. The van der Waals surface area contributed by atoms with Crippen molar-refractivity contribution in [3.63, 3.8) is 0 Å². The average Bonchev–Trinajstić information content (AvgIpc) is 3.26. The Morgan fingerprint density at radius 1 is 1.08 bits per heavy atom. The van der Waals surface area contributed by atoms with Crippen LogP contribution in [0.3, 0.4) is 0 Å². The van der Waals surface area contributed by atoms with Crippen LogP contribution in [0.4, 0.5) is 10.7 Å². The molecular weight excluding hydrogens is 336 g/mol. The van der Waals surface area contributed by atoms with Gasteiger partial charge in [-0.15, -0.1) is 11.3 Å². The molecule has 0 amide bonds. The van der Waals surface area contributed by atoms with Crippen molar-refractivity contribution < 1.29 is 28.6 Å². The Kier molecular flexibility index (Phi) is 6.02. The summed E-state index contributed by atoms with van der Waals surface area (Å²) in [5.74, 6) is -2.14. The van der Waals surface area contributed by atoms with E-state index < -0.39 is 23.9 Å². The number of methoxy groups -OCH3 is 3. The Morgan fingerprint density at radius 3 is 2.17 bits per heavy atom. The Bertz CT molecular complexity index is 607. The minimum absolute atomic E-state index is 0.289. The number of thiophene rings is 1. The van der Waals surface area contributed by atoms with Crippen LogP contribution in [0.15, 0.2) is 6.07 Å². The molecule has 0 spiro atoms. The average molecular weight is 356 g/mol. The standard InChI is InChI=1S/C15H20N2O6S/c1-21-13(18)11(14(19)22-2)16-9-8-10(17-6-4-5-7-17)24-12(9)15(20)23-3/h8,11,16H,4-7H2,1-3H3. The predicted octanol–water partition coefficient (Wildman–Crippen LogP) is 1.26. The largest absolute Gasteiger partial charge is 0.467 e. The monoisotopic (exact) mass is 356 g/mol. The van der Waals surface area contributed by atoms with Crippen LogP contribution in [0.2, 0.25) is 0 Å². The number of nitrogens with one attached hydrogen (secondary N) is 1. The molecule has 2 heterocycles. The normalized spacial score (nSPS) is 13.8. The number of rotatable bonds is 6. The van der Waals surface area contributed by atoms with Crippen molar-refractivity contribution in [1.29, 1.82) is 0 Å². The molecule has 2 rings (SSSR count). The summed E-state index contributed by atoms with van der Waals surface area (Å²) in [5.41, 5.74) is 0.342. The second-order valence-corrected chi connectivity index (χ2v) is 6.17. The van der Waals surface area contributed by atoms with Crippen molar-refractivity contribution in [3.05, 3.63) is 10.9 Å². The van der Waals surface area contributed by atoms with E-state index in [2.05, 4.69) is 19.7 Å². The van der Waals surface area contributed by atoms with E-state index in [-0.39, 0.29) is 4.88 Å². The number of anilines is 2. The van der Waals surface area contributed by atoms with Gasteiger partial charge in [0.05, 0.1) is 32.0 Å².